The molecule has 0 saturated heterocycles. The first-order valence-electron chi connectivity index (χ1n) is 5.91. The van der Waals surface area contributed by atoms with E-state index in [4.69, 9.17) is 18.0 Å². The summed E-state index contributed by atoms with van der Waals surface area (Å²) in [7, 11) is 0. The topological polar surface area (TPSA) is 50.9 Å². The van der Waals surface area contributed by atoms with Gasteiger partial charge in [0.25, 0.3) is 0 Å². The second-order valence-electron chi connectivity index (χ2n) is 5.49. The number of nitrogens with two attached hydrogens (primary N) is 1. The van der Waals surface area contributed by atoms with Crippen molar-refractivity contribution in [1.82, 2.24) is 4.98 Å². The monoisotopic (exact) mass is 249 g/mol. The Kier molecular flexibility index (Phi) is 3.08. The van der Waals surface area contributed by atoms with Crippen molar-refractivity contribution in [1.29, 1.82) is 0 Å². The van der Waals surface area contributed by atoms with E-state index in [1.807, 2.05) is 13.0 Å². The largest absolute Gasteiger partial charge is 0.389 e. The molecule has 1 saturated carbocycles. The van der Waals surface area contributed by atoms with Crippen LogP contribution in [0.4, 0.5) is 5.82 Å². The van der Waals surface area contributed by atoms with E-state index in [2.05, 4.69) is 24.1 Å². The third kappa shape index (κ3) is 2.57. The number of nitrogens with one attached hydrogen (secondary N) is 1. The van der Waals surface area contributed by atoms with Crippen LogP contribution in [0.2, 0.25) is 0 Å². The standard InChI is InChI=1S/C13H19N3S/c1-8-4-5-15-12(10(8)11(14)17)16-7-9-6-13(9,2)3/h4-5,9H,6-7H2,1-3H3,(H2,14,17)(H,15,16). The Balaban J connectivity index is 2.10. The van der Waals surface area contributed by atoms with Gasteiger partial charge in [-0.1, -0.05) is 26.1 Å². The first-order valence-corrected chi connectivity index (χ1v) is 6.32. The van der Waals surface area contributed by atoms with Crippen molar-refractivity contribution < 1.29 is 0 Å². The van der Waals surface area contributed by atoms with Gasteiger partial charge in [0.2, 0.25) is 0 Å². The highest BCUT2D eigenvalue weighted by atomic mass is 32.1. The first-order chi connectivity index (χ1) is 7.92. The van der Waals surface area contributed by atoms with E-state index in [1.54, 1.807) is 6.20 Å². The lowest BCUT2D eigenvalue weighted by atomic mass is 10.1. The number of hydrogen-bond acceptors (Lipinski definition) is 3. The zero-order valence-corrected chi connectivity index (χ0v) is 11.4. The van der Waals surface area contributed by atoms with Crippen LogP contribution in [0.25, 0.3) is 0 Å². The lowest BCUT2D eigenvalue weighted by Gasteiger charge is -2.12. The molecule has 0 radical (unpaired) electrons. The highest BCUT2D eigenvalue weighted by molar-refractivity contribution is 7.80. The van der Waals surface area contributed by atoms with E-state index in [0.717, 1.165) is 29.4 Å². The van der Waals surface area contributed by atoms with Gasteiger partial charge in [-0.3, -0.25) is 0 Å². The van der Waals surface area contributed by atoms with Gasteiger partial charge in [-0.15, -0.1) is 0 Å². The third-order valence-electron chi connectivity index (χ3n) is 3.64. The zero-order chi connectivity index (χ0) is 12.6. The maximum atomic E-state index is 5.74. The molecule has 0 bridgehead atoms. The number of thiocarbonyl (C=S) groups is 1. The molecule has 2 rings (SSSR count). The summed E-state index contributed by atoms with van der Waals surface area (Å²) < 4.78 is 0. The van der Waals surface area contributed by atoms with Crippen LogP contribution in [-0.2, 0) is 0 Å². The Hall–Kier alpha value is -1.16. The van der Waals surface area contributed by atoms with Crippen molar-refractivity contribution in [3.8, 4) is 0 Å². The molecule has 1 atom stereocenters. The molecule has 1 unspecified atom stereocenters. The van der Waals surface area contributed by atoms with Gasteiger partial charge in [-0.25, -0.2) is 4.98 Å². The van der Waals surface area contributed by atoms with Crippen molar-refractivity contribution in [2.24, 2.45) is 17.1 Å². The van der Waals surface area contributed by atoms with Crippen LogP contribution >= 0.6 is 12.2 Å². The second-order valence-corrected chi connectivity index (χ2v) is 5.93. The molecule has 0 amide bonds. The second kappa shape index (κ2) is 4.26. The molecule has 92 valence electrons. The van der Waals surface area contributed by atoms with E-state index in [-0.39, 0.29) is 0 Å². The van der Waals surface area contributed by atoms with Crippen LogP contribution in [-0.4, -0.2) is 16.5 Å². The first kappa shape index (κ1) is 12.3. The fraction of sp³-hybridized carbons (Fsp3) is 0.538. The molecule has 0 spiro atoms. The lowest BCUT2D eigenvalue weighted by Crippen LogP contribution is -2.17. The highest BCUT2D eigenvalue weighted by Crippen LogP contribution is 2.51. The predicted molar refractivity (Wildman–Crippen MR) is 75.2 cm³/mol. The van der Waals surface area contributed by atoms with Gasteiger partial charge in [0.05, 0.1) is 5.56 Å². The van der Waals surface area contributed by atoms with Gasteiger partial charge >= 0.3 is 0 Å². The van der Waals surface area contributed by atoms with Gasteiger partial charge in [0.15, 0.2) is 0 Å². The van der Waals surface area contributed by atoms with Gasteiger partial charge in [-0.05, 0) is 36.3 Å². The minimum absolute atomic E-state index is 0.410. The number of hydrogen-bond donors (Lipinski definition) is 2. The van der Waals surface area contributed by atoms with E-state index in [0.29, 0.717) is 10.4 Å². The van der Waals surface area contributed by atoms with Crippen LogP contribution in [0.15, 0.2) is 12.3 Å². The Bertz CT molecular complexity index is 454. The number of nitrogens with zero attached hydrogens (tertiary/aromatic N) is 1. The molecule has 0 aliphatic heterocycles. The smallest absolute Gasteiger partial charge is 0.136 e. The summed E-state index contributed by atoms with van der Waals surface area (Å²) >= 11 is 5.08. The molecule has 17 heavy (non-hydrogen) atoms. The molecule has 1 aromatic rings. The van der Waals surface area contributed by atoms with Crippen LogP contribution in [0.1, 0.15) is 31.4 Å². The Morgan fingerprint density at radius 2 is 2.29 bits per heavy atom. The summed E-state index contributed by atoms with van der Waals surface area (Å²) in [6, 6.07) is 1.93. The van der Waals surface area contributed by atoms with Crippen LogP contribution in [0.5, 0.6) is 0 Å². The Morgan fingerprint density at radius 1 is 1.65 bits per heavy atom. The molecule has 4 heteroatoms. The summed E-state index contributed by atoms with van der Waals surface area (Å²) in [4.78, 5) is 4.74. The minimum atomic E-state index is 0.410. The van der Waals surface area contributed by atoms with Crippen LogP contribution < -0.4 is 11.1 Å². The molecular weight excluding hydrogens is 230 g/mol. The van der Waals surface area contributed by atoms with Crippen molar-refractivity contribution in [3.05, 3.63) is 23.4 Å². The van der Waals surface area contributed by atoms with E-state index < -0.39 is 0 Å². The summed E-state index contributed by atoms with van der Waals surface area (Å²) in [6.45, 7) is 7.52. The summed E-state index contributed by atoms with van der Waals surface area (Å²) in [5.74, 6) is 1.55. The number of aromatic nitrogens is 1. The summed E-state index contributed by atoms with van der Waals surface area (Å²) in [6.07, 6.45) is 3.06. The average molecular weight is 249 g/mol. The summed E-state index contributed by atoms with van der Waals surface area (Å²) in [5, 5.41) is 3.37. The van der Waals surface area contributed by atoms with Gasteiger partial charge in [-0.2, -0.15) is 0 Å². The number of rotatable bonds is 4. The van der Waals surface area contributed by atoms with E-state index in [1.165, 1.54) is 6.42 Å². The van der Waals surface area contributed by atoms with Crippen LogP contribution in [0.3, 0.4) is 0 Å². The Labute approximate surface area is 108 Å². The fourth-order valence-corrected chi connectivity index (χ4v) is 2.41. The summed E-state index contributed by atoms with van der Waals surface area (Å²) in [5.41, 5.74) is 8.16. The highest BCUT2D eigenvalue weighted by Gasteiger charge is 2.45. The third-order valence-corrected chi connectivity index (χ3v) is 3.84. The quantitative estimate of drug-likeness (QED) is 0.805. The molecule has 1 heterocycles. The van der Waals surface area contributed by atoms with Gasteiger partial charge in [0, 0.05) is 12.7 Å². The number of pyridine rings is 1. The predicted octanol–water partition coefficient (Wildman–Crippen LogP) is 2.48. The van der Waals surface area contributed by atoms with E-state index >= 15 is 0 Å². The normalized spacial score (nSPS) is 21.0. The molecule has 0 aromatic carbocycles. The van der Waals surface area contributed by atoms with Gasteiger partial charge in [0.1, 0.15) is 10.8 Å². The van der Waals surface area contributed by atoms with Crippen molar-refractivity contribution in [2.75, 3.05) is 11.9 Å². The van der Waals surface area contributed by atoms with Crippen molar-refractivity contribution >= 4 is 23.0 Å². The van der Waals surface area contributed by atoms with E-state index in [9.17, 15) is 0 Å². The number of aryl methyl sites for hydroxylation is 1. The molecule has 1 aliphatic carbocycles. The lowest BCUT2D eigenvalue weighted by molar-refractivity contribution is 0.573. The maximum absolute atomic E-state index is 5.74. The van der Waals surface area contributed by atoms with Crippen molar-refractivity contribution in [3.63, 3.8) is 0 Å². The Morgan fingerprint density at radius 3 is 2.82 bits per heavy atom. The SMILES string of the molecule is Cc1ccnc(NCC2CC2(C)C)c1C(N)=S. The molecule has 1 aliphatic rings. The molecule has 1 fully saturated rings. The van der Waals surface area contributed by atoms with Crippen molar-refractivity contribution in [2.45, 2.75) is 27.2 Å². The zero-order valence-electron chi connectivity index (χ0n) is 10.6. The number of anilines is 1. The fourth-order valence-electron chi connectivity index (χ4n) is 2.15. The van der Waals surface area contributed by atoms with Crippen LogP contribution in [0, 0.1) is 18.3 Å². The minimum Gasteiger partial charge on any atom is -0.389 e. The maximum Gasteiger partial charge on any atom is 0.136 e. The average Bonchev–Trinajstić information content (AvgIpc) is 2.83. The molecular formula is C13H19N3S. The molecule has 3 N–H and O–H groups in total. The molecule has 1 aromatic heterocycles. The molecule has 3 nitrogen and oxygen atoms in total. The van der Waals surface area contributed by atoms with Gasteiger partial charge < -0.3 is 11.1 Å².